The van der Waals surface area contributed by atoms with Crippen LogP contribution >= 0.6 is 0 Å². The molecule has 0 aromatic carbocycles. The lowest BCUT2D eigenvalue weighted by Crippen LogP contribution is -2.22. The van der Waals surface area contributed by atoms with E-state index in [2.05, 4.69) is 9.46 Å². The first kappa shape index (κ1) is 7.79. The first-order valence-corrected chi connectivity index (χ1v) is 5.74. The minimum atomic E-state index is -1.86. The summed E-state index contributed by atoms with van der Waals surface area (Å²) in [5.74, 6) is 1.50. The van der Waals surface area contributed by atoms with Crippen LogP contribution in [0.25, 0.3) is 0 Å². The third kappa shape index (κ3) is 1.36. The molecule has 0 N–H and O–H groups in total. The van der Waals surface area contributed by atoms with Crippen LogP contribution in [0.5, 0.6) is 0 Å². The summed E-state index contributed by atoms with van der Waals surface area (Å²) in [6.07, 6.45) is 4.47. The standard InChI is InChI=1S/C7H11N3OS/c1-10-6-7(5-8-10)9-12(11)3-2-4-12/h5-6H,2-4H2,1H3. The molecule has 0 amide bonds. The Bertz CT molecular complexity index is 391. The van der Waals surface area contributed by atoms with Crippen molar-refractivity contribution in [3.63, 3.8) is 0 Å². The minimum absolute atomic E-state index is 0.738. The maximum atomic E-state index is 11.6. The number of hydrogen-bond donors (Lipinski definition) is 0. The molecule has 5 heteroatoms. The highest BCUT2D eigenvalue weighted by Gasteiger charge is 2.19. The third-order valence-electron chi connectivity index (χ3n) is 1.89. The highest BCUT2D eigenvalue weighted by atomic mass is 32.2. The van der Waals surface area contributed by atoms with Crippen molar-refractivity contribution in [2.75, 3.05) is 11.5 Å². The largest absolute Gasteiger partial charge is 0.274 e. The number of nitrogens with zero attached hydrogens (tertiary/aromatic N) is 3. The maximum absolute atomic E-state index is 11.6. The molecule has 0 saturated carbocycles. The van der Waals surface area contributed by atoms with Crippen LogP contribution < -0.4 is 0 Å². The van der Waals surface area contributed by atoms with Gasteiger partial charge in [0.1, 0.15) is 5.69 Å². The number of aryl methyl sites for hydroxylation is 1. The fraction of sp³-hybridized carbons (Fsp3) is 0.571. The van der Waals surface area contributed by atoms with E-state index in [0.29, 0.717) is 0 Å². The van der Waals surface area contributed by atoms with E-state index >= 15 is 0 Å². The molecule has 0 spiro atoms. The maximum Gasteiger partial charge on any atom is 0.111 e. The molecule has 1 aromatic rings. The Balaban J connectivity index is 2.33. The fourth-order valence-electron chi connectivity index (χ4n) is 1.13. The molecule has 0 unspecified atom stereocenters. The van der Waals surface area contributed by atoms with Gasteiger partial charge in [0.05, 0.1) is 22.1 Å². The van der Waals surface area contributed by atoms with Gasteiger partial charge in [-0.3, -0.25) is 4.68 Å². The van der Waals surface area contributed by atoms with Gasteiger partial charge >= 0.3 is 0 Å². The van der Waals surface area contributed by atoms with Crippen LogP contribution in [0.3, 0.4) is 0 Å². The zero-order chi connectivity index (χ0) is 8.60. The summed E-state index contributed by atoms with van der Waals surface area (Å²) in [6, 6.07) is 0. The minimum Gasteiger partial charge on any atom is -0.274 e. The third-order valence-corrected chi connectivity index (χ3v) is 4.29. The summed E-state index contributed by atoms with van der Waals surface area (Å²) < 4.78 is 17.4. The van der Waals surface area contributed by atoms with Crippen molar-refractivity contribution in [1.82, 2.24) is 9.78 Å². The molecule has 2 rings (SSSR count). The van der Waals surface area contributed by atoms with Gasteiger partial charge < -0.3 is 0 Å². The monoisotopic (exact) mass is 185 g/mol. The predicted octanol–water partition coefficient (Wildman–Crippen LogP) is 0.923. The van der Waals surface area contributed by atoms with Crippen molar-refractivity contribution in [3.05, 3.63) is 12.4 Å². The van der Waals surface area contributed by atoms with Gasteiger partial charge in [0, 0.05) is 18.6 Å². The Kier molecular flexibility index (Phi) is 1.68. The topological polar surface area (TPSA) is 47.2 Å². The van der Waals surface area contributed by atoms with Crippen molar-refractivity contribution in [2.24, 2.45) is 11.4 Å². The summed E-state index contributed by atoms with van der Waals surface area (Å²) in [4.78, 5) is 0. The molecular weight excluding hydrogens is 174 g/mol. The van der Waals surface area contributed by atoms with Crippen molar-refractivity contribution < 1.29 is 4.21 Å². The molecule has 0 atom stereocenters. The molecule has 1 aliphatic heterocycles. The zero-order valence-electron chi connectivity index (χ0n) is 6.93. The van der Waals surface area contributed by atoms with E-state index in [1.807, 2.05) is 7.05 Å². The normalized spacial score (nSPS) is 20.1. The lowest BCUT2D eigenvalue weighted by molar-refractivity contribution is 0.663. The van der Waals surface area contributed by atoms with Crippen molar-refractivity contribution in [3.8, 4) is 0 Å². The van der Waals surface area contributed by atoms with Gasteiger partial charge in [-0.2, -0.15) is 9.46 Å². The number of rotatable bonds is 1. The van der Waals surface area contributed by atoms with Crippen LogP contribution in [0.1, 0.15) is 6.42 Å². The Labute approximate surface area is 71.8 Å². The average molecular weight is 185 g/mol. The molecule has 0 bridgehead atoms. The zero-order valence-corrected chi connectivity index (χ0v) is 7.75. The van der Waals surface area contributed by atoms with Crippen LogP contribution in [-0.4, -0.2) is 25.5 Å². The van der Waals surface area contributed by atoms with Gasteiger partial charge in [0.15, 0.2) is 0 Å². The van der Waals surface area contributed by atoms with Crippen LogP contribution in [-0.2, 0) is 16.8 Å². The molecule has 2 heterocycles. The van der Waals surface area contributed by atoms with Gasteiger partial charge in [0.2, 0.25) is 0 Å². The molecular formula is C7H11N3OS. The predicted molar refractivity (Wildman–Crippen MR) is 47.8 cm³/mol. The smallest absolute Gasteiger partial charge is 0.111 e. The van der Waals surface area contributed by atoms with Crippen LogP contribution in [0.4, 0.5) is 5.69 Å². The molecule has 0 radical (unpaired) electrons. The quantitative estimate of drug-likeness (QED) is 0.653. The molecule has 66 valence electrons. The second-order valence-corrected chi connectivity index (χ2v) is 5.54. The van der Waals surface area contributed by atoms with Crippen LogP contribution in [0.2, 0.25) is 0 Å². The lowest BCUT2D eigenvalue weighted by atomic mass is 10.5. The SMILES string of the molecule is Cn1cc(N=S2(=O)CCC2)cn1. The highest BCUT2D eigenvalue weighted by Crippen LogP contribution is 2.19. The highest BCUT2D eigenvalue weighted by molar-refractivity contribution is 7.95. The second kappa shape index (κ2) is 2.58. The second-order valence-electron chi connectivity index (χ2n) is 3.00. The van der Waals surface area contributed by atoms with Crippen LogP contribution in [0.15, 0.2) is 16.8 Å². The lowest BCUT2D eigenvalue weighted by Gasteiger charge is -2.16. The van der Waals surface area contributed by atoms with E-state index < -0.39 is 9.73 Å². The average Bonchev–Trinajstić information content (AvgIpc) is 2.32. The van der Waals surface area contributed by atoms with E-state index in [1.54, 1.807) is 17.1 Å². The molecule has 0 aliphatic carbocycles. The van der Waals surface area contributed by atoms with E-state index in [0.717, 1.165) is 23.6 Å². The summed E-state index contributed by atoms with van der Waals surface area (Å²) >= 11 is 0. The van der Waals surface area contributed by atoms with Crippen molar-refractivity contribution in [2.45, 2.75) is 6.42 Å². The van der Waals surface area contributed by atoms with E-state index in [1.165, 1.54) is 0 Å². The molecule has 1 aromatic heterocycles. The molecule has 1 fully saturated rings. The van der Waals surface area contributed by atoms with Gasteiger partial charge in [-0.25, -0.2) is 4.21 Å². The van der Waals surface area contributed by atoms with E-state index in [9.17, 15) is 4.21 Å². The first-order valence-electron chi connectivity index (χ1n) is 3.89. The van der Waals surface area contributed by atoms with Gasteiger partial charge in [-0.15, -0.1) is 0 Å². The Hall–Kier alpha value is -0.840. The Morgan fingerprint density at radius 2 is 2.42 bits per heavy atom. The first-order chi connectivity index (χ1) is 5.68. The number of hydrogen-bond acceptors (Lipinski definition) is 3. The fourth-order valence-corrected chi connectivity index (χ4v) is 2.57. The van der Waals surface area contributed by atoms with E-state index in [-0.39, 0.29) is 0 Å². The Morgan fingerprint density at radius 3 is 2.83 bits per heavy atom. The summed E-state index contributed by atoms with van der Waals surface area (Å²) in [7, 11) is -0.0310. The van der Waals surface area contributed by atoms with Crippen molar-refractivity contribution in [1.29, 1.82) is 0 Å². The van der Waals surface area contributed by atoms with E-state index in [4.69, 9.17) is 0 Å². The summed E-state index contributed by atoms with van der Waals surface area (Å²) in [6.45, 7) is 0. The molecule has 1 saturated heterocycles. The summed E-state index contributed by atoms with van der Waals surface area (Å²) in [5.41, 5.74) is 0.738. The van der Waals surface area contributed by atoms with Crippen LogP contribution in [0, 0.1) is 0 Å². The van der Waals surface area contributed by atoms with Gasteiger partial charge in [0.25, 0.3) is 0 Å². The summed E-state index contributed by atoms with van der Waals surface area (Å²) in [5, 5.41) is 3.96. The van der Waals surface area contributed by atoms with Gasteiger partial charge in [-0.1, -0.05) is 0 Å². The molecule has 1 aliphatic rings. The van der Waals surface area contributed by atoms with Gasteiger partial charge in [-0.05, 0) is 6.42 Å². The number of aromatic nitrogens is 2. The van der Waals surface area contributed by atoms with Crippen molar-refractivity contribution >= 4 is 15.4 Å². The molecule has 12 heavy (non-hydrogen) atoms. The molecule has 4 nitrogen and oxygen atoms in total. The Morgan fingerprint density at radius 1 is 1.67 bits per heavy atom.